The lowest BCUT2D eigenvalue weighted by molar-refractivity contribution is 0.934. The van der Waals surface area contributed by atoms with E-state index < -0.39 is 5.56 Å². The minimum atomic E-state index is -0.555. The van der Waals surface area contributed by atoms with Gasteiger partial charge in [0.15, 0.2) is 11.0 Å². The second-order valence-corrected chi connectivity index (χ2v) is 11.5. The summed E-state index contributed by atoms with van der Waals surface area (Å²) in [4.78, 5) is 20.5. The lowest BCUT2D eigenvalue weighted by Gasteiger charge is -2.10. The maximum atomic E-state index is 12.6. The lowest BCUT2D eigenvalue weighted by atomic mass is 10.1. The Labute approximate surface area is 250 Å². The van der Waals surface area contributed by atoms with Crippen molar-refractivity contribution in [1.82, 2.24) is 29.8 Å². The van der Waals surface area contributed by atoms with Crippen LogP contribution in [0.1, 0.15) is 11.1 Å². The van der Waals surface area contributed by atoms with Gasteiger partial charge in [0.2, 0.25) is 4.96 Å². The second-order valence-electron chi connectivity index (χ2n) is 8.39. The molecular formula is C27H14Cl3N7OS2. The van der Waals surface area contributed by atoms with Crippen molar-refractivity contribution >= 4 is 62.9 Å². The molecule has 3 aromatic heterocycles. The number of H-pyrrole nitrogens is 1. The highest BCUT2D eigenvalue weighted by atomic mass is 35.5. The van der Waals surface area contributed by atoms with Crippen LogP contribution in [0.2, 0.25) is 15.1 Å². The topological polar surface area (TPSA) is 113 Å². The van der Waals surface area contributed by atoms with Gasteiger partial charge >= 0.3 is 0 Å². The van der Waals surface area contributed by atoms with Crippen molar-refractivity contribution in [3.63, 3.8) is 0 Å². The highest BCUT2D eigenvalue weighted by Gasteiger charge is 2.19. The van der Waals surface area contributed by atoms with E-state index >= 15 is 0 Å². The van der Waals surface area contributed by atoms with Crippen LogP contribution in [0.5, 0.6) is 0 Å². The Bertz CT molecular complexity index is 1970. The van der Waals surface area contributed by atoms with E-state index in [1.165, 1.54) is 23.1 Å². The average Bonchev–Trinajstić information content (AvgIpc) is 3.54. The molecule has 40 heavy (non-hydrogen) atoms. The Hall–Kier alpha value is -3.72. The first kappa shape index (κ1) is 26.5. The van der Waals surface area contributed by atoms with E-state index in [0.717, 1.165) is 21.7 Å². The van der Waals surface area contributed by atoms with Gasteiger partial charge in [-0.3, -0.25) is 4.79 Å². The van der Waals surface area contributed by atoms with Crippen LogP contribution in [-0.4, -0.2) is 29.8 Å². The van der Waals surface area contributed by atoms with Crippen LogP contribution in [0, 0.1) is 11.3 Å². The molecular weight excluding hydrogens is 609 g/mol. The molecule has 0 atom stereocenters. The highest BCUT2D eigenvalue weighted by Crippen LogP contribution is 2.36. The van der Waals surface area contributed by atoms with Crippen molar-refractivity contribution in [2.24, 2.45) is 0 Å². The van der Waals surface area contributed by atoms with Crippen LogP contribution < -0.4 is 5.56 Å². The molecule has 6 aromatic rings. The number of hydrogen-bond acceptors (Lipinski definition) is 8. The number of aromatic amines is 1. The predicted octanol–water partition coefficient (Wildman–Crippen LogP) is 7.39. The fourth-order valence-corrected chi connectivity index (χ4v) is 6.43. The number of fused-ring (bicyclic) bond motifs is 1. The fourth-order valence-electron chi connectivity index (χ4n) is 3.97. The number of halogens is 3. The number of thioether (sulfide) groups is 1. The summed E-state index contributed by atoms with van der Waals surface area (Å²) in [5.74, 6) is 1.10. The molecule has 0 saturated heterocycles. The van der Waals surface area contributed by atoms with Crippen LogP contribution >= 0.6 is 57.9 Å². The molecule has 1 N–H and O–H groups in total. The van der Waals surface area contributed by atoms with Crippen LogP contribution in [0.3, 0.4) is 0 Å². The maximum absolute atomic E-state index is 12.6. The minimum absolute atomic E-state index is 0.147. The number of rotatable bonds is 6. The zero-order chi connectivity index (χ0) is 27.8. The number of nitrogens with one attached hydrogen (secondary N) is 1. The summed E-state index contributed by atoms with van der Waals surface area (Å²) in [5, 5.41) is 25.1. The van der Waals surface area contributed by atoms with Crippen molar-refractivity contribution < 1.29 is 0 Å². The van der Waals surface area contributed by atoms with E-state index in [-0.39, 0.29) is 11.3 Å². The van der Waals surface area contributed by atoms with Gasteiger partial charge in [0.25, 0.3) is 5.56 Å². The van der Waals surface area contributed by atoms with Crippen LogP contribution in [0.4, 0.5) is 0 Å². The minimum Gasteiger partial charge on any atom is -0.300 e. The fraction of sp³-hybridized carbons (Fsp3) is 0.0370. The summed E-state index contributed by atoms with van der Waals surface area (Å²) in [6, 6.07) is 22.2. The van der Waals surface area contributed by atoms with Crippen LogP contribution in [0.15, 0.2) is 76.7 Å². The summed E-state index contributed by atoms with van der Waals surface area (Å²) in [5.41, 5.74) is 2.48. The zero-order valence-corrected chi connectivity index (χ0v) is 24.0. The van der Waals surface area contributed by atoms with Gasteiger partial charge in [-0.05, 0) is 29.8 Å². The molecule has 0 spiro atoms. The number of hydrogen-bond donors (Lipinski definition) is 1. The Morgan fingerprint density at radius 3 is 2.40 bits per heavy atom. The zero-order valence-electron chi connectivity index (χ0n) is 20.1. The molecule has 6 rings (SSSR count). The third kappa shape index (κ3) is 4.98. The number of aromatic nitrogens is 6. The van der Waals surface area contributed by atoms with Gasteiger partial charge in [-0.1, -0.05) is 100 Å². The Balaban J connectivity index is 1.24. The summed E-state index contributed by atoms with van der Waals surface area (Å²) in [6.45, 7) is 0. The van der Waals surface area contributed by atoms with E-state index in [0.29, 0.717) is 42.3 Å². The van der Waals surface area contributed by atoms with Gasteiger partial charge in [0.05, 0.1) is 20.8 Å². The van der Waals surface area contributed by atoms with Gasteiger partial charge in [-0.2, -0.15) is 14.9 Å². The smallest absolute Gasteiger partial charge is 0.270 e. The molecule has 3 aromatic carbocycles. The van der Waals surface area contributed by atoms with Crippen molar-refractivity contribution in [3.8, 4) is 39.3 Å². The summed E-state index contributed by atoms with van der Waals surface area (Å²) < 4.78 is 1.70. The standard InChI is InChI=1S/C27H14Cl3N7OS2/c28-18-5-2-1-4-16(18)23-34-35-27-37(23)36-25(40-27)15-10-8-14(9-11-15)13-39-26-32-22(17(12-31)24(38)33-26)21-19(29)6-3-7-20(21)30/h1-11H,13H2,(H,32,33,38). The third-order valence-corrected chi connectivity index (χ3v) is 8.74. The molecule has 0 aliphatic rings. The van der Waals surface area contributed by atoms with Crippen molar-refractivity contribution in [3.05, 3.63) is 103 Å². The van der Waals surface area contributed by atoms with E-state index in [1.54, 1.807) is 28.8 Å². The first-order chi connectivity index (χ1) is 19.4. The van der Waals surface area contributed by atoms with E-state index in [9.17, 15) is 10.1 Å². The molecule has 196 valence electrons. The van der Waals surface area contributed by atoms with Crippen LogP contribution in [0.25, 0.3) is 38.2 Å². The van der Waals surface area contributed by atoms with E-state index in [1.807, 2.05) is 48.5 Å². The summed E-state index contributed by atoms with van der Waals surface area (Å²) >= 11 is 21.8. The number of nitriles is 1. The summed E-state index contributed by atoms with van der Waals surface area (Å²) in [7, 11) is 0. The molecule has 0 unspecified atom stereocenters. The number of nitrogens with zero attached hydrogens (tertiary/aromatic N) is 6. The van der Waals surface area contributed by atoms with Crippen molar-refractivity contribution in [2.75, 3.05) is 0 Å². The van der Waals surface area contributed by atoms with Crippen molar-refractivity contribution in [1.29, 1.82) is 5.26 Å². The molecule has 0 bridgehead atoms. The maximum Gasteiger partial charge on any atom is 0.270 e. The SMILES string of the molecule is N#Cc1c(-c2c(Cl)cccc2Cl)nc(SCc2ccc(-c3nn4c(-c5ccccc5Cl)nnc4s3)cc2)[nH]c1=O. The molecule has 13 heteroatoms. The van der Waals surface area contributed by atoms with Gasteiger partial charge in [0.1, 0.15) is 16.6 Å². The first-order valence-electron chi connectivity index (χ1n) is 11.6. The number of benzene rings is 3. The molecule has 0 aliphatic carbocycles. The largest absolute Gasteiger partial charge is 0.300 e. The summed E-state index contributed by atoms with van der Waals surface area (Å²) in [6.07, 6.45) is 0. The quantitative estimate of drug-likeness (QED) is 0.152. The Morgan fingerprint density at radius 1 is 0.950 bits per heavy atom. The van der Waals surface area contributed by atoms with E-state index in [4.69, 9.17) is 39.9 Å². The normalized spacial score (nSPS) is 11.2. The molecule has 0 aliphatic heterocycles. The van der Waals surface area contributed by atoms with E-state index in [2.05, 4.69) is 20.2 Å². The van der Waals surface area contributed by atoms with Crippen molar-refractivity contribution in [2.45, 2.75) is 10.9 Å². The van der Waals surface area contributed by atoms with Crippen LogP contribution in [-0.2, 0) is 5.75 Å². The third-order valence-electron chi connectivity index (χ3n) is 5.89. The van der Waals surface area contributed by atoms with Gasteiger partial charge in [-0.25, -0.2) is 4.98 Å². The second kappa shape index (κ2) is 11.0. The van der Waals surface area contributed by atoms with Gasteiger partial charge in [0, 0.05) is 22.4 Å². The first-order valence-corrected chi connectivity index (χ1v) is 14.5. The lowest BCUT2D eigenvalue weighted by Crippen LogP contribution is -2.15. The molecule has 8 nitrogen and oxygen atoms in total. The highest BCUT2D eigenvalue weighted by molar-refractivity contribution is 7.98. The molecule has 0 radical (unpaired) electrons. The van der Waals surface area contributed by atoms with Gasteiger partial charge < -0.3 is 4.98 Å². The predicted molar refractivity (Wildman–Crippen MR) is 159 cm³/mol. The monoisotopic (exact) mass is 621 g/mol. The Kier molecular flexibility index (Phi) is 7.31. The molecule has 0 amide bonds. The molecule has 0 saturated carbocycles. The average molecular weight is 623 g/mol. The van der Waals surface area contributed by atoms with Gasteiger partial charge in [-0.15, -0.1) is 10.2 Å². The molecule has 0 fully saturated rings. The Morgan fingerprint density at radius 2 is 1.68 bits per heavy atom. The molecule has 3 heterocycles.